The lowest BCUT2D eigenvalue weighted by Crippen LogP contribution is -2.18. The normalized spacial score (nSPS) is 13.1. The summed E-state index contributed by atoms with van der Waals surface area (Å²) < 4.78 is 7.14. The average molecular weight is 263 g/mol. The summed E-state index contributed by atoms with van der Waals surface area (Å²) in [6.07, 6.45) is 0.988. The predicted octanol–water partition coefficient (Wildman–Crippen LogP) is 1.53. The van der Waals surface area contributed by atoms with Crippen molar-refractivity contribution in [2.45, 2.75) is 19.4 Å². The first-order valence-corrected chi connectivity index (χ1v) is 6.36. The summed E-state index contributed by atoms with van der Waals surface area (Å²) in [5.41, 5.74) is 7.59. The van der Waals surface area contributed by atoms with Crippen molar-refractivity contribution >= 4 is 17.1 Å². The Balaban J connectivity index is 2.37. The van der Waals surface area contributed by atoms with Crippen LogP contribution in [0.15, 0.2) is 12.1 Å². The zero-order valence-electron chi connectivity index (χ0n) is 11.9. The number of anilines is 1. The summed E-state index contributed by atoms with van der Waals surface area (Å²) in [5, 5.41) is 0. The summed E-state index contributed by atoms with van der Waals surface area (Å²) in [5.74, 6) is 1.08. The van der Waals surface area contributed by atoms with Crippen molar-refractivity contribution in [1.29, 1.82) is 0 Å². The third-order valence-electron chi connectivity index (χ3n) is 3.18. The van der Waals surface area contributed by atoms with Gasteiger partial charge < -0.3 is 15.4 Å². The van der Waals surface area contributed by atoms with E-state index in [0.29, 0.717) is 11.8 Å². The number of nitrogen functional groups attached to an aromatic ring is 1. The predicted molar refractivity (Wildman–Crippen MR) is 76.4 cm³/mol. The van der Waals surface area contributed by atoms with Gasteiger partial charge in [0, 0.05) is 12.1 Å². The second kappa shape index (κ2) is 5.44. The van der Waals surface area contributed by atoms with Crippen LogP contribution in [0.25, 0.3) is 11.2 Å². The minimum Gasteiger partial charge on any atom is -0.481 e. The van der Waals surface area contributed by atoms with Crippen molar-refractivity contribution in [2.75, 3.05) is 33.5 Å². The molecule has 0 aliphatic carbocycles. The third-order valence-corrected chi connectivity index (χ3v) is 3.18. The Morgan fingerprint density at radius 1 is 1.37 bits per heavy atom. The maximum atomic E-state index is 6.01. The number of pyridine rings is 1. The van der Waals surface area contributed by atoms with Gasteiger partial charge in [-0.15, -0.1) is 0 Å². The molecule has 19 heavy (non-hydrogen) atoms. The quantitative estimate of drug-likeness (QED) is 0.886. The number of imidazole rings is 1. The maximum Gasteiger partial charge on any atom is 0.215 e. The molecule has 0 aromatic carbocycles. The van der Waals surface area contributed by atoms with Gasteiger partial charge in [-0.25, -0.2) is 4.98 Å². The SMILES string of the molecule is COc1ccc2nc(N)n(C(C)CCN(C)C)c2n1. The lowest BCUT2D eigenvalue weighted by molar-refractivity contribution is 0.360. The summed E-state index contributed by atoms with van der Waals surface area (Å²) in [4.78, 5) is 10.9. The van der Waals surface area contributed by atoms with Gasteiger partial charge in [-0.1, -0.05) is 0 Å². The molecule has 0 fully saturated rings. The van der Waals surface area contributed by atoms with E-state index in [0.717, 1.165) is 24.1 Å². The smallest absolute Gasteiger partial charge is 0.215 e. The van der Waals surface area contributed by atoms with Crippen LogP contribution in [-0.2, 0) is 0 Å². The Bertz CT molecular complexity index is 563. The molecule has 6 nitrogen and oxygen atoms in total. The maximum absolute atomic E-state index is 6.01. The van der Waals surface area contributed by atoms with Crippen LogP contribution in [0.1, 0.15) is 19.4 Å². The molecule has 104 valence electrons. The van der Waals surface area contributed by atoms with Crippen LogP contribution in [-0.4, -0.2) is 47.2 Å². The van der Waals surface area contributed by atoms with E-state index in [2.05, 4.69) is 35.9 Å². The number of hydrogen-bond acceptors (Lipinski definition) is 5. The summed E-state index contributed by atoms with van der Waals surface area (Å²) in [6.45, 7) is 3.12. The van der Waals surface area contributed by atoms with Gasteiger partial charge in [-0.2, -0.15) is 4.98 Å². The van der Waals surface area contributed by atoms with E-state index >= 15 is 0 Å². The molecule has 2 rings (SSSR count). The Kier molecular flexibility index (Phi) is 3.90. The molecule has 1 unspecified atom stereocenters. The van der Waals surface area contributed by atoms with Gasteiger partial charge in [0.05, 0.1) is 7.11 Å². The monoisotopic (exact) mass is 263 g/mol. The van der Waals surface area contributed by atoms with Crippen molar-refractivity contribution in [3.63, 3.8) is 0 Å². The first-order valence-electron chi connectivity index (χ1n) is 6.36. The van der Waals surface area contributed by atoms with Crippen LogP contribution in [0, 0.1) is 0 Å². The molecule has 0 saturated heterocycles. The standard InChI is InChI=1S/C13H21N5O/c1-9(7-8-17(2)3)18-12-10(15-13(18)14)5-6-11(16-12)19-4/h5-6,9H,7-8H2,1-4H3,(H2,14,15). The molecule has 0 amide bonds. The number of fused-ring (bicyclic) bond motifs is 1. The number of nitrogens with two attached hydrogens (primary N) is 1. The molecule has 2 N–H and O–H groups in total. The number of hydrogen-bond donors (Lipinski definition) is 1. The minimum atomic E-state index is 0.243. The van der Waals surface area contributed by atoms with Crippen LogP contribution in [0.2, 0.25) is 0 Å². The van der Waals surface area contributed by atoms with Gasteiger partial charge >= 0.3 is 0 Å². The zero-order valence-corrected chi connectivity index (χ0v) is 11.9. The van der Waals surface area contributed by atoms with E-state index in [1.807, 2.05) is 10.6 Å². The van der Waals surface area contributed by atoms with Gasteiger partial charge in [0.15, 0.2) is 5.65 Å². The van der Waals surface area contributed by atoms with Crippen molar-refractivity contribution in [1.82, 2.24) is 19.4 Å². The number of ether oxygens (including phenoxy) is 1. The lowest BCUT2D eigenvalue weighted by atomic mass is 10.2. The zero-order chi connectivity index (χ0) is 14.0. The average Bonchev–Trinajstić information content (AvgIpc) is 2.70. The van der Waals surface area contributed by atoms with E-state index in [4.69, 9.17) is 10.5 Å². The summed E-state index contributed by atoms with van der Waals surface area (Å²) in [6, 6.07) is 3.92. The molecule has 0 bridgehead atoms. The van der Waals surface area contributed by atoms with Gasteiger partial charge in [-0.3, -0.25) is 4.57 Å². The Hall–Kier alpha value is -1.82. The number of nitrogens with zero attached hydrogens (tertiary/aromatic N) is 4. The molecule has 0 aliphatic heterocycles. The fourth-order valence-electron chi connectivity index (χ4n) is 2.10. The van der Waals surface area contributed by atoms with Crippen LogP contribution in [0.4, 0.5) is 5.95 Å². The third kappa shape index (κ3) is 2.78. The molecule has 0 aliphatic rings. The molecule has 0 saturated carbocycles. The van der Waals surface area contributed by atoms with Crippen LogP contribution in [0.3, 0.4) is 0 Å². The van der Waals surface area contributed by atoms with Crippen molar-refractivity contribution in [2.24, 2.45) is 0 Å². The largest absolute Gasteiger partial charge is 0.481 e. The van der Waals surface area contributed by atoms with Gasteiger partial charge in [0.25, 0.3) is 0 Å². The molecule has 2 heterocycles. The van der Waals surface area contributed by atoms with Gasteiger partial charge in [0.1, 0.15) is 5.52 Å². The topological polar surface area (TPSA) is 69.2 Å². The highest BCUT2D eigenvalue weighted by atomic mass is 16.5. The van der Waals surface area contributed by atoms with E-state index in [1.54, 1.807) is 13.2 Å². The molecule has 0 radical (unpaired) electrons. The van der Waals surface area contributed by atoms with Crippen LogP contribution < -0.4 is 10.5 Å². The highest BCUT2D eigenvalue weighted by molar-refractivity contribution is 5.75. The highest BCUT2D eigenvalue weighted by Crippen LogP contribution is 2.24. The van der Waals surface area contributed by atoms with Crippen molar-refractivity contribution in [3.05, 3.63) is 12.1 Å². The molecular formula is C13H21N5O. The van der Waals surface area contributed by atoms with Gasteiger partial charge in [-0.05, 0) is 40.1 Å². The Morgan fingerprint density at radius 2 is 2.11 bits per heavy atom. The van der Waals surface area contributed by atoms with Crippen molar-refractivity contribution < 1.29 is 4.74 Å². The first kappa shape index (κ1) is 13.6. The highest BCUT2D eigenvalue weighted by Gasteiger charge is 2.16. The molecule has 2 aromatic heterocycles. The molecule has 2 aromatic rings. The number of aromatic nitrogens is 3. The number of rotatable bonds is 5. The van der Waals surface area contributed by atoms with Gasteiger partial charge in [0.2, 0.25) is 11.8 Å². The number of methoxy groups -OCH3 is 1. The fraction of sp³-hybridized carbons (Fsp3) is 0.538. The molecule has 1 atom stereocenters. The van der Waals surface area contributed by atoms with Crippen molar-refractivity contribution in [3.8, 4) is 5.88 Å². The van der Waals surface area contributed by atoms with Crippen LogP contribution >= 0.6 is 0 Å². The van der Waals surface area contributed by atoms with Crippen LogP contribution in [0.5, 0.6) is 5.88 Å². The molecular weight excluding hydrogens is 242 g/mol. The molecule has 6 heteroatoms. The second-order valence-corrected chi connectivity index (χ2v) is 4.98. The van der Waals surface area contributed by atoms with E-state index in [1.165, 1.54) is 0 Å². The Labute approximate surface area is 113 Å². The second-order valence-electron chi connectivity index (χ2n) is 4.98. The van der Waals surface area contributed by atoms with E-state index in [9.17, 15) is 0 Å². The summed E-state index contributed by atoms with van der Waals surface area (Å²) in [7, 11) is 5.72. The lowest BCUT2D eigenvalue weighted by Gasteiger charge is -2.18. The van der Waals surface area contributed by atoms with E-state index < -0.39 is 0 Å². The summed E-state index contributed by atoms with van der Waals surface area (Å²) >= 11 is 0. The van der Waals surface area contributed by atoms with E-state index in [-0.39, 0.29) is 6.04 Å². The first-order chi connectivity index (χ1) is 9.02. The fourth-order valence-corrected chi connectivity index (χ4v) is 2.10. The molecule has 0 spiro atoms. The minimum absolute atomic E-state index is 0.243. The Morgan fingerprint density at radius 3 is 2.74 bits per heavy atom.